The number of rotatable bonds is 9. The van der Waals surface area contributed by atoms with Gasteiger partial charge < -0.3 is 14.8 Å². The number of nitrogens with zero attached hydrogens (tertiary/aromatic N) is 2. The average molecular weight is 536 g/mol. The SMILES string of the molecule is CCOc1cc(/C=C(\C#N)C(=O)Nc2cccc([N+](=O)[O-])c2)cc(Br)c1OCc1ccccc1C. The molecule has 0 aliphatic carbocycles. The predicted octanol–water partition coefficient (Wildman–Crippen LogP) is 6.19. The van der Waals surface area contributed by atoms with E-state index in [1.165, 1.54) is 30.3 Å². The number of ether oxygens (including phenoxy) is 2. The number of hydrogen-bond acceptors (Lipinski definition) is 6. The van der Waals surface area contributed by atoms with Crippen molar-refractivity contribution in [2.75, 3.05) is 11.9 Å². The van der Waals surface area contributed by atoms with Crippen molar-refractivity contribution >= 4 is 39.3 Å². The molecular formula is C26H22BrN3O5. The van der Waals surface area contributed by atoms with Crippen molar-refractivity contribution in [2.45, 2.75) is 20.5 Å². The number of carbonyl (C=O) groups excluding carboxylic acids is 1. The van der Waals surface area contributed by atoms with Crippen LogP contribution in [0.3, 0.4) is 0 Å². The van der Waals surface area contributed by atoms with Gasteiger partial charge in [-0.3, -0.25) is 14.9 Å². The average Bonchev–Trinajstić information content (AvgIpc) is 2.83. The van der Waals surface area contributed by atoms with E-state index >= 15 is 0 Å². The van der Waals surface area contributed by atoms with Crippen LogP contribution in [0.4, 0.5) is 11.4 Å². The highest BCUT2D eigenvalue weighted by Gasteiger charge is 2.16. The second-order valence-electron chi connectivity index (χ2n) is 7.41. The van der Waals surface area contributed by atoms with Crippen LogP contribution >= 0.6 is 15.9 Å². The molecule has 0 fully saturated rings. The Morgan fingerprint density at radius 1 is 1.17 bits per heavy atom. The van der Waals surface area contributed by atoms with Gasteiger partial charge in [0.1, 0.15) is 18.2 Å². The van der Waals surface area contributed by atoms with Crippen molar-refractivity contribution in [1.29, 1.82) is 5.26 Å². The zero-order valence-electron chi connectivity index (χ0n) is 19.1. The molecule has 0 aliphatic rings. The minimum absolute atomic E-state index is 0.170. The summed E-state index contributed by atoms with van der Waals surface area (Å²) in [4.78, 5) is 23.0. The molecule has 0 heterocycles. The normalized spacial score (nSPS) is 10.9. The molecular weight excluding hydrogens is 514 g/mol. The lowest BCUT2D eigenvalue weighted by atomic mass is 10.1. The Morgan fingerprint density at radius 3 is 2.63 bits per heavy atom. The predicted molar refractivity (Wildman–Crippen MR) is 136 cm³/mol. The Hall–Kier alpha value is -4.16. The number of anilines is 1. The zero-order valence-corrected chi connectivity index (χ0v) is 20.7. The maximum absolute atomic E-state index is 12.6. The van der Waals surface area contributed by atoms with Crippen molar-refractivity contribution in [1.82, 2.24) is 0 Å². The monoisotopic (exact) mass is 535 g/mol. The number of halogens is 1. The van der Waals surface area contributed by atoms with E-state index in [4.69, 9.17) is 9.47 Å². The number of amides is 1. The second-order valence-corrected chi connectivity index (χ2v) is 8.26. The maximum atomic E-state index is 12.6. The first kappa shape index (κ1) is 25.5. The third-order valence-electron chi connectivity index (χ3n) is 4.96. The van der Waals surface area contributed by atoms with Crippen LogP contribution in [0.1, 0.15) is 23.6 Å². The smallest absolute Gasteiger partial charge is 0.271 e. The number of nitriles is 1. The molecule has 3 aromatic carbocycles. The van der Waals surface area contributed by atoms with Crippen molar-refractivity contribution in [3.8, 4) is 17.6 Å². The highest BCUT2D eigenvalue weighted by molar-refractivity contribution is 9.10. The molecule has 0 radical (unpaired) electrons. The summed E-state index contributed by atoms with van der Waals surface area (Å²) in [6, 6.07) is 18.7. The molecule has 0 saturated carbocycles. The fraction of sp³-hybridized carbons (Fsp3) is 0.154. The van der Waals surface area contributed by atoms with Gasteiger partial charge in [-0.15, -0.1) is 0 Å². The van der Waals surface area contributed by atoms with Gasteiger partial charge in [0.05, 0.1) is 16.0 Å². The van der Waals surface area contributed by atoms with Crippen LogP contribution in [-0.4, -0.2) is 17.4 Å². The minimum Gasteiger partial charge on any atom is -0.490 e. The Balaban J connectivity index is 1.85. The van der Waals surface area contributed by atoms with Crippen LogP contribution < -0.4 is 14.8 Å². The van der Waals surface area contributed by atoms with Gasteiger partial charge in [0.15, 0.2) is 11.5 Å². The lowest BCUT2D eigenvalue weighted by Crippen LogP contribution is -2.13. The summed E-state index contributed by atoms with van der Waals surface area (Å²) < 4.78 is 12.4. The van der Waals surface area contributed by atoms with E-state index in [0.29, 0.717) is 34.7 Å². The van der Waals surface area contributed by atoms with Crippen LogP contribution in [0.25, 0.3) is 6.08 Å². The number of nitro benzene ring substituents is 1. The molecule has 8 nitrogen and oxygen atoms in total. The highest BCUT2D eigenvalue weighted by Crippen LogP contribution is 2.38. The van der Waals surface area contributed by atoms with Crippen molar-refractivity contribution < 1.29 is 19.2 Å². The summed E-state index contributed by atoms with van der Waals surface area (Å²) in [5.74, 6) is 0.270. The third-order valence-corrected chi connectivity index (χ3v) is 5.54. The third kappa shape index (κ3) is 6.68. The number of nitrogens with one attached hydrogen (secondary N) is 1. The van der Waals surface area contributed by atoms with E-state index in [2.05, 4.69) is 21.2 Å². The fourth-order valence-electron chi connectivity index (χ4n) is 3.21. The molecule has 3 aromatic rings. The summed E-state index contributed by atoms with van der Waals surface area (Å²) >= 11 is 3.50. The number of aryl methyl sites for hydroxylation is 1. The van der Waals surface area contributed by atoms with Gasteiger partial charge in [0.2, 0.25) is 0 Å². The van der Waals surface area contributed by atoms with E-state index in [-0.39, 0.29) is 16.9 Å². The van der Waals surface area contributed by atoms with Gasteiger partial charge in [-0.05, 0) is 70.7 Å². The topological polar surface area (TPSA) is 114 Å². The molecule has 3 rings (SSSR count). The molecule has 0 spiro atoms. The first-order chi connectivity index (χ1) is 16.8. The van der Waals surface area contributed by atoms with Gasteiger partial charge >= 0.3 is 0 Å². The lowest BCUT2D eigenvalue weighted by Gasteiger charge is -2.15. The Morgan fingerprint density at radius 2 is 1.94 bits per heavy atom. The number of benzene rings is 3. The van der Waals surface area contributed by atoms with Gasteiger partial charge in [-0.2, -0.15) is 5.26 Å². The van der Waals surface area contributed by atoms with Crippen molar-refractivity contribution in [3.63, 3.8) is 0 Å². The Bertz CT molecular complexity index is 1330. The van der Waals surface area contributed by atoms with Gasteiger partial charge in [0.25, 0.3) is 11.6 Å². The largest absolute Gasteiger partial charge is 0.490 e. The second kappa shape index (κ2) is 11.8. The van der Waals surface area contributed by atoms with Crippen LogP contribution in [0, 0.1) is 28.4 Å². The molecule has 0 saturated heterocycles. The molecule has 1 amide bonds. The summed E-state index contributed by atoms with van der Waals surface area (Å²) in [6.07, 6.45) is 1.41. The van der Waals surface area contributed by atoms with E-state index in [9.17, 15) is 20.2 Å². The highest BCUT2D eigenvalue weighted by atomic mass is 79.9. The van der Waals surface area contributed by atoms with Crippen LogP contribution in [0.15, 0.2) is 70.7 Å². The number of carbonyl (C=O) groups is 1. The molecule has 1 N–H and O–H groups in total. The van der Waals surface area contributed by atoms with E-state index in [0.717, 1.165) is 11.1 Å². The number of non-ortho nitro benzene ring substituents is 1. The molecule has 35 heavy (non-hydrogen) atoms. The molecule has 0 unspecified atom stereocenters. The molecule has 178 valence electrons. The van der Waals surface area contributed by atoms with E-state index < -0.39 is 10.8 Å². The Labute approximate surface area is 211 Å². The van der Waals surface area contributed by atoms with E-state index in [1.807, 2.05) is 44.2 Å². The fourth-order valence-corrected chi connectivity index (χ4v) is 3.78. The quantitative estimate of drug-likeness (QED) is 0.151. The Kier molecular flexibility index (Phi) is 8.59. The number of nitro groups is 1. The van der Waals surface area contributed by atoms with Crippen LogP contribution in [-0.2, 0) is 11.4 Å². The molecule has 0 aromatic heterocycles. The molecule has 9 heteroatoms. The molecule has 0 bridgehead atoms. The van der Waals surface area contributed by atoms with Crippen LogP contribution in [0.2, 0.25) is 0 Å². The number of hydrogen-bond donors (Lipinski definition) is 1. The molecule has 0 atom stereocenters. The first-order valence-corrected chi connectivity index (χ1v) is 11.4. The standard InChI is InChI=1S/C26H22BrN3O5/c1-3-34-24-13-18(12-23(27)25(24)35-16-19-8-5-4-7-17(19)2)11-20(15-28)26(31)29-21-9-6-10-22(14-21)30(32)33/h4-14H,3,16H2,1-2H3,(H,29,31)/b20-11+. The van der Waals surface area contributed by atoms with Gasteiger partial charge in [-0.25, -0.2) is 0 Å². The summed E-state index contributed by atoms with van der Waals surface area (Å²) in [5, 5.41) is 23.0. The van der Waals surface area contributed by atoms with Crippen LogP contribution in [0.5, 0.6) is 11.5 Å². The van der Waals surface area contributed by atoms with E-state index in [1.54, 1.807) is 12.1 Å². The molecule has 0 aliphatic heterocycles. The first-order valence-electron chi connectivity index (χ1n) is 10.6. The van der Waals surface area contributed by atoms with Crippen molar-refractivity contribution in [2.24, 2.45) is 0 Å². The maximum Gasteiger partial charge on any atom is 0.271 e. The lowest BCUT2D eigenvalue weighted by molar-refractivity contribution is -0.384. The summed E-state index contributed by atoms with van der Waals surface area (Å²) in [6.45, 7) is 4.58. The summed E-state index contributed by atoms with van der Waals surface area (Å²) in [7, 11) is 0. The van der Waals surface area contributed by atoms with Crippen molar-refractivity contribution in [3.05, 3.63) is 97.5 Å². The van der Waals surface area contributed by atoms with Gasteiger partial charge in [0, 0.05) is 17.8 Å². The van der Waals surface area contributed by atoms with Gasteiger partial charge in [-0.1, -0.05) is 30.3 Å². The zero-order chi connectivity index (χ0) is 25.4. The summed E-state index contributed by atoms with van der Waals surface area (Å²) in [5.41, 5.74) is 2.54. The minimum atomic E-state index is -0.693.